The lowest BCUT2D eigenvalue weighted by molar-refractivity contribution is 0.215. The Morgan fingerprint density at radius 3 is 2.80 bits per heavy atom. The summed E-state index contributed by atoms with van der Waals surface area (Å²) in [7, 11) is 0. The number of likely N-dealkylation sites (tertiary alicyclic amines) is 1. The van der Waals surface area contributed by atoms with Crippen LogP contribution in [0.4, 0.5) is 4.39 Å². The van der Waals surface area contributed by atoms with Gasteiger partial charge in [-0.2, -0.15) is 5.10 Å². The van der Waals surface area contributed by atoms with Crippen LogP contribution in [-0.2, 0) is 6.42 Å². The van der Waals surface area contributed by atoms with Crippen molar-refractivity contribution in [3.05, 3.63) is 83.0 Å². The van der Waals surface area contributed by atoms with Crippen molar-refractivity contribution in [1.29, 1.82) is 0 Å². The highest BCUT2D eigenvalue weighted by atomic mass is 35.5. The molecule has 1 fully saturated rings. The van der Waals surface area contributed by atoms with E-state index >= 15 is 0 Å². The molecule has 1 saturated heterocycles. The second-order valence-electron chi connectivity index (χ2n) is 8.04. The normalized spacial score (nSPS) is 15.8. The van der Waals surface area contributed by atoms with Crippen LogP contribution in [0.5, 0.6) is 0 Å². The third kappa shape index (κ3) is 3.87. The lowest BCUT2D eigenvalue weighted by Gasteiger charge is -2.31. The van der Waals surface area contributed by atoms with Gasteiger partial charge in [0.2, 0.25) is 0 Å². The zero-order valence-corrected chi connectivity index (χ0v) is 17.4. The summed E-state index contributed by atoms with van der Waals surface area (Å²) in [5.74, 6) is 0.310. The topological polar surface area (TPSA) is 36.9 Å². The molecule has 0 spiro atoms. The molecule has 6 heteroatoms. The minimum absolute atomic E-state index is 0.257. The number of H-pyrrole nitrogens is 1. The number of aromatic nitrogens is 3. The Morgan fingerprint density at radius 2 is 1.97 bits per heavy atom. The number of para-hydroxylation sites is 1. The Balaban J connectivity index is 1.18. The molecular formula is C24H24ClFN4. The first-order valence-electron chi connectivity index (χ1n) is 10.4. The Morgan fingerprint density at radius 1 is 1.13 bits per heavy atom. The van der Waals surface area contributed by atoms with Crippen LogP contribution in [0.1, 0.15) is 29.9 Å². The molecule has 2 aromatic heterocycles. The van der Waals surface area contributed by atoms with Crippen molar-refractivity contribution in [2.75, 3.05) is 19.6 Å². The fraction of sp³-hybridized carbons (Fsp3) is 0.292. The van der Waals surface area contributed by atoms with Gasteiger partial charge in [0.25, 0.3) is 0 Å². The van der Waals surface area contributed by atoms with Crippen molar-refractivity contribution >= 4 is 22.5 Å². The number of piperidine rings is 1. The van der Waals surface area contributed by atoms with Gasteiger partial charge in [-0.25, -0.2) is 9.07 Å². The van der Waals surface area contributed by atoms with E-state index in [0.29, 0.717) is 11.6 Å². The van der Waals surface area contributed by atoms with Crippen LogP contribution in [0, 0.1) is 5.82 Å². The summed E-state index contributed by atoms with van der Waals surface area (Å²) in [5, 5.41) is 6.38. The molecule has 0 aliphatic carbocycles. The van der Waals surface area contributed by atoms with Crippen molar-refractivity contribution in [1.82, 2.24) is 19.7 Å². The van der Waals surface area contributed by atoms with E-state index in [0.717, 1.165) is 55.0 Å². The van der Waals surface area contributed by atoms with Gasteiger partial charge in [0.05, 0.1) is 6.20 Å². The van der Waals surface area contributed by atoms with Gasteiger partial charge in [-0.05, 0) is 79.7 Å². The van der Waals surface area contributed by atoms with Crippen LogP contribution in [0.25, 0.3) is 16.6 Å². The summed E-state index contributed by atoms with van der Waals surface area (Å²) in [6, 6.07) is 12.8. The molecule has 2 aromatic carbocycles. The summed E-state index contributed by atoms with van der Waals surface area (Å²) in [6.07, 6.45) is 9.14. The summed E-state index contributed by atoms with van der Waals surface area (Å²) >= 11 is 6.21. The maximum atomic E-state index is 14.0. The maximum absolute atomic E-state index is 14.0. The van der Waals surface area contributed by atoms with Gasteiger partial charge >= 0.3 is 0 Å². The lowest BCUT2D eigenvalue weighted by atomic mass is 9.89. The number of halogens is 2. The quantitative estimate of drug-likeness (QED) is 0.456. The van der Waals surface area contributed by atoms with Crippen LogP contribution in [0.15, 0.2) is 61.1 Å². The second kappa shape index (κ2) is 8.25. The highest BCUT2D eigenvalue weighted by Crippen LogP contribution is 2.34. The first-order chi connectivity index (χ1) is 14.7. The van der Waals surface area contributed by atoms with Crippen LogP contribution in [0.3, 0.4) is 0 Å². The molecule has 0 bridgehead atoms. The van der Waals surface area contributed by atoms with Gasteiger partial charge in [0.15, 0.2) is 0 Å². The predicted octanol–water partition coefficient (Wildman–Crippen LogP) is 5.57. The molecule has 1 aliphatic rings. The number of rotatable bonds is 5. The molecule has 0 amide bonds. The standard InChI is InChI=1S/C24H24ClFN4/c25-19-5-6-23-20(13-19)21(15-27-23)18-8-11-29(12-9-18)10-7-17-14-28-30(16-17)24-4-2-1-3-22(24)26/h1-6,13-16,18,27H,7-12H2. The smallest absolute Gasteiger partial charge is 0.148 e. The van der Waals surface area contributed by atoms with Gasteiger partial charge in [0.1, 0.15) is 11.5 Å². The zero-order valence-electron chi connectivity index (χ0n) is 16.7. The molecule has 5 rings (SSSR count). The van der Waals surface area contributed by atoms with Gasteiger partial charge < -0.3 is 9.88 Å². The third-order valence-corrected chi connectivity index (χ3v) is 6.39. The third-order valence-electron chi connectivity index (χ3n) is 6.16. The number of benzene rings is 2. The van der Waals surface area contributed by atoms with Crippen LogP contribution < -0.4 is 0 Å². The first kappa shape index (κ1) is 19.3. The van der Waals surface area contributed by atoms with Crippen molar-refractivity contribution < 1.29 is 4.39 Å². The van der Waals surface area contributed by atoms with Crippen molar-refractivity contribution in [2.24, 2.45) is 0 Å². The van der Waals surface area contributed by atoms with E-state index in [1.54, 1.807) is 16.8 Å². The van der Waals surface area contributed by atoms with Gasteiger partial charge in [-0.1, -0.05) is 23.7 Å². The molecule has 30 heavy (non-hydrogen) atoms. The van der Waals surface area contributed by atoms with E-state index in [4.69, 9.17) is 11.6 Å². The Hall–Kier alpha value is -2.63. The van der Waals surface area contributed by atoms with E-state index < -0.39 is 0 Å². The van der Waals surface area contributed by atoms with Crippen LogP contribution in [0.2, 0.25) is 5.02 Å². The molecular weight excluding hydrogens is 399 g/mol. The molecule has 3 heterocycles. The molecule has 0 radical (unpaired) electrons. The van der Waals surface area contributed by atoms with E-state index in [2.05, 4.69) is 33.3 Å². The largest absolute Gasteiger partial charge is 0.361 e. The number of nitrogens with one attached hydrogen (secondary N) is 1. The molecule has 1 N–H and O–H groups in total. The SMILES string of the molecule is Fc1ccccc1-n1cc(CCN2CCC(c3c[nH]c4ccc(Cl)cc34)CC2)cn1. The summed E-state index contributed by atoms with van der Waals surface area (Å²) in [5.41, 5.74) is 4.16. The Kier molecular flexibility index (Phi) is 5.32. The number of nitrogens with zero attached hydrogens (tertiary/aromatic N) is 3. The summed E-state index contributed by atoms with van der Waals surface area (Å²) < 4.78 is 15.6. The van der Waals surface area contributed by atoms with E-state index in [9.17, 15) is 4.39 Å². The summed E-state index contributed by atoms with van der Waals surface area (Å²) in [6.45, 7) is 3.16. The van der Waals surface area contributed by atoms with Gasteiger partial charge in [-0.15, -0.1) is 0 Å². The molecule has 0 unspecified atom stereocenters. The number of hydrogen-bond donors (Lipinski definition) is 1. The zero-order chi connectivity index (χ0) is 20.5. The molecule has 0 atom stereocenters. The monoisotopic (exact) mass is 422 g/mol. The fourth-order valence-corrected chi connectivity index (χ4v) is 4.64. The molecule has 154 valence electrons. The minimum atomic E-state index is -0.257. The van der Waals surface area contributed by atoms with E-state index in [-0.39, 0.29) is 5.82 Å². The molecule has 4 aromatic rings. The van der Waals surface area contributed by atoms with Gasteiger partial charge in [-0.3, -0.25) is 0 Å². The van der Waals surface area contributed by atoms with E-state index in [1.807, 2.05) is 24.5 Å². The van der Waals surface area contributed by atoms with Crippen LogP contribution in [-0.4, -0.2) is 39.3 Å². The fourth-order valence-electron chi connectivity index (χ4n) is 4.47. The number of fused-ring (bicyclic) bond motifs is 1. The van der Waals surface area contributed by atoms with Crippen molar-refractivity contribution in [3.8, 4) is 5.69 Å². The van der Waals surface area contributed by atoms with E-state index in [1.165, 1.54) is 17.0 Å². The number of aromatic amines is 1. The Labute approximate surface area is 180 Å². The second-order valence-corrected chi connectivity index (χ2v) is 8.48. The van der Waals surface area contributed by atoms with Gasteiger partial charge in [0, 0.05) is 34.9 Å². The average Bonchev–Trinajstić information content (AvgIpc) is 3.40. The number of hydrogen-bond acceptors (Lipinski definition) is 2. The molecule has 1 aliphatic heterocycles. The van der Waals surface area contributed by atoms with Crippen molar-refractivity contribution in [2.45, 2.75) is 25.2 Å². The summed E-state index contributed by atoms with van der Waals surface area (Å²) in [4.78, 5) is 5.89. The van der Waals surface area contributed by atoms with Crippen molar-refractivity contribution in [3.63, 3.8) is 0 Å². The Bertz CT molecular complexity index is 1160. The lowest BCUT2D eigenvalue weighted by Crippen LogP contribution is -2.34. The first-order valence-corrected chi connectivity index (χ1v) is 10.8. The maximum Gasteiger partial charge on any atom is 0.148 e. The highest BCUT2D eigenvalue weighted by molar-refractivity contribution is 6.31. The molecule has 4 nitrogen and oxygen atoms in total. The highest BCUT2D eigenvalue weighted by Gasteiger charge is 2.23. The van der Waals surface area contributed by atoms with Crippen LogP contribution >= 0.6 is 11.6 Å². The predicted molar refractivity (Wildman–Crippen MR) is 119 cm³/mol. The minimum Gasteiger partial charge on any atom is -0.361 e. The molecule has 0 saturated carbocycles. The average molecular weight is 423 g/mol.